The Labute approximate surface area is 113 Å². The lowest BCUT2D eigenvalue weighted by Crippen LogP contribution is -2.27. The zero-order chi connectivity index (χ0) is 12.8. The van der Waals surface area contributed by atoms with Crippen LogP contribution in [0.4, 0.5) is 0 Å². The van der Waals surface area contributed by atoms with Crippen molar-refractivity contribution in [1.29, 1.82) is 0 Å². The molecule has 0 fully saturated rings. The maximum absolute atomic E-state index is 3.68. The molecule has 2 rings (SSSR count). The fourth-order valence-corrected chi connectivity index (χ4v) is 3.53. The Bertz CT molecular complexity index is 314. The van der Waals surface area contributed by atoms with Crippen LogP contribution in [0.25, 0.3) is 0 Å². The predicted molar refractivity (Wildman–Crippen MR) is 79.7 cm³/mol. The van der Waals surface area contributed by atoms with Crippen LogP contribution < -0.4 is 5.32 Å². The molecule has 0 saturated carbocycles. The Kier molecular flexibility index (Phi) is 5.49. The second-order valence-electron chi connectivity index (χ2n) is 6.36. The lowest BCUT2D eigenvalue weighted by molar-refractivity contribution is 0.382. The van der Waals surface area contributed by atoms with E-state index in [1.54, 1.807) is 11.1 Å². The molecule has 0 spiro atoms. The molecule has 18 heavy (non-hydrogen) atoms. The minimum Gasteiger partial charge on any atom is -0.316 e. The first-order valence-electron chi connectivity index (χ1n) is 7.80. The standard InChI is InChI=1S/C17H29N/c1-14-10-15(2)12-17(11-14)13-18-9-8-16-6-4-3-5-7-16/h6,10,14,17-18H,3-5,7-9,11-13H2,1-2H3. The van der Waals surface area contributed by atoms with Gasteiger partial charge in [0, 0.05) is 0 Å². The Balaban J connectivity index is 1.61. The average Bonchev–Trinajstić information content (AvgIpc) is 2.35. The van der Waals surface area contributed by atoms with Gasteiger partial charge in [0.25, 0.3) is 0 Å². The van der Waals surface area contributed by atoms with Crippen molar-refractivity contribution in [2.45, 2.75) is 58.8 Å². The van der Waals surface area contributed by atoms with E-state index in [9.17, 15) is 0 Å². The summed E-state index contributed by atoms with van der Waals surface area (Å²) in [5.74, 6) is 1.65. The molecule has 0 aromatic heterocycles. The van der Waals surface area contributed by atoms with Crippen LogP contribution in [-0.4, -0.2) is 13.1 Å². The van der Waals surface area contributed by atoms with Crippen LogP contribution in [0, 0.1) is 11.8 Å². The monoisotopic (exact) mass is 247 g/mol. The van der Waals surface area contributed by atoms with E-state index in [1.807, 2.05) is 0 Å². The highest BCUT2D eigenvalue weighted by Gasteiger charge is 2.17. The SMILES string of the molecule is CC1=CC(C)CC(CNCCC2=CCCCC2)C1. The van der Waals surface area contributed by atoms with E-state index in [0.29, 0.717) is 0 Å². The van der Waals surface area contributed by atoms with Crippen molar-refractivity contribution in [3.63, 3.8) is 0 Å². The lowest BCUT2D eigenvalue weighted by Gasteiger charge is -2.25. The zero-order valence-corrected chi connectivity index (χ0v) is 12.2. The van der Waals surface area contributed by atoms with Crippen molar-refractivity contribution < 1.29 is 0 Å². The molecular weight excluding hydrogens is 218 g/mol. The van der Waals surface area contributed by atoms with Crippen LogP contribution in [-0.2, 0) is 0 Å². The first-order valence-corrected chi connectivity index (χ1v) is 7.80. The van der Waals surface area contributed by atoms with Crippen molar-refractivity contribution >= 4 is 0 Å². The Morgan fingerprint density at radius 1 is 1.33 bits per heavy atom. The average molecular weight is 247 g/mol. The van der Waals surface area contributed by atoms with Gasteiger partial charge in [-0.2, -0.15) is 0 Å². The molecule has 2 aliphatic rings. The van der Waals surface area contributed by atoms with Gasteiger partial charge in [-0.3, -0.25) is 0 Å². The number of nitrogens with one attached hydrogen (secondary N) is 1. The van der Waals surface area contributed by atoms with Crippen molar-refractivity contribution in [3.8, 4) is 0 Å². The highest BCUT2D eigenvalue weighted by molar-refractivity contribution is 5.07. The summed E-state index contributed by atoms with van der Waals surface area (Å²) in [6.45, 7) is 7.03. The summed E-state index contributed by atoms with van der Waals surface area (Å²) in [6, 6.07) is 0. The summed E-state index contributed by atoms with van der Waals surface area (Å²) in [4.78, 5) is 0. The van der Waals surface area contributed by atoms with Gasteiger partial charge in [-0.05, 0) is 76.8 Å². The summed E-state index contributed by atoms with van der Waals surface area (Å²) in [7, 11) is 0. The van der Waals surface area contributed by atoms with Crippen LogP contribution in [0.5, 0.6) is 0 Å². The summed E-state index contributed by atoms with van der Waals surface area (Å²) in [5, 5.41) is 3.68. The second kappa shape index (κ2) is 7.13. The molecule has 0 bridgehead atoms. The van der Waals surface area contributed by atoms with Gasteiger partial charge in [0.2, 0.25) is 0 Å². The molecule has 1 heteroatoms. The van der Waals surface area contributed by atoms with E-state index in [4.69, 9.17) is 0 Å². The molecule has 0 radical (unpaired) electrons. The van der Waals surface area contributed by atoms with Gasteiger partial charge in [-0.15, -0.1) is 0 Å². The summed E-state index contributed by atoms with van der Waals surface area (Å²) in [6.07, 6.45) is 14.4. The minimum atomic E-state index is 0.784. The van der Waals surface area contributed by atoms with Gasteiger partial charge in [0.05, 0.1) is 0 Å². The molecule has 0 heterocycles. The van der Waals surface area contributed by atoms with Crippen LogP contribution >= 0.6 is 0 Å². The normalized spacial score (nSPS) is 28.8. The molecule has 1 nitrogen and oxygen atoms in total. The number of allylic oxidation sites excluding steroid dienone is 3. The number of rotatable bonds is 5. The van der Waals surface area contributed by atoms with Gasteiger partial charge >= 0.3 is 0 Å². The first-order chi connectivity index (χ1) is 8.74. The van der Waals surface area contributed by atoms with Crippen molar-refractivity contribution in [2.75, 3.05) is 13.1 Å². The van der Waals surface area contributed by atoms with E-state index in [1.165, 1.54) is 58.0 Å². The van der Waals surface area contributed by atoms with Crippen molar-refractivity contribution in [3.05, 3.63) is 23.3 Å². The highest BCUT2D eigenvalue weighted by Crippen LogP contribution is 2.27. The molecule has 102 valence electrons. The Morgan fingerprint density at radius 3 is 2.94 bits per heavy atom. The third-order valence-corrected chi connectivity index (χ3v) is 4.33. The van der Waals surface area contributed by atoms with Gasteiger partial charge in [-0.1, -0.05) is 30.2 Å². The number of hydrogen-bond donors (Lipinski definition) is 1. The third-order valence-electron chi connectivity index (χ3n) is 4.33. The summed E-state index contributed by atoms with van der Waals surface area (Å²) in [5.41, 5.74) is 3.29. The van der Waals surface area contributed by atoms with Gasteiger partial charge in [0.1, 0.15) is 0 Å². The number of hydrogen-bond acceptors (Lipinski definition) is 1. The van der Waals surface area contributed by atoms with Crippen LogP contribution in [0.15, 0.2) is 23.3 Å². The highest BCUT2D eigenvalue weighted by atomic mass is 14.9. The van der Waals surface area contributed by atoms with Crippen LogP contribution in [0.3, 0.4) is 0 Å². The van der Waals surface area contributed by atoms with Gasteiger partial charge in [-0.25, -0.2) is 0 Å². The minimum absolute atomic E-state index is 0.784. The van der Waals surface area contributed by atoms with E-state index in [-0.39, 0.29) is 0 Å². The van der Waals surface area contributed by atoms with Crippen molar-refractivity contribution in [1.82, 2.24) is 5.32 Å². The maximum atomic E-state index is 3.68. The Morgan fingerprint density at radius 2 is 2.22 bits per heavy atom. The van der Waals surface area contributed by atoms with Gasteiger partial charge < -0.3 is 5.32 Å². The molecule has 0 aromatic carbocycles. The second-order valence-corrected chi connectivity index (χ2v) is 6.36. The molecule has 0 aromatic rings. The smallest absolute Gasteiger partial charge is 0.00115 e. The molecule has 0 aliphatic heterocycles. The largest absolute Gasteiger partial charge is 0.316 e. The topological polar surface area (TPSA) is 12.0 Å². The lowest BCUT2D eigenvalue weighted by atomic mass is 9.84. The fourth-order valence-electron chi connectivity index (χ4n) is 3.53. The summed E-state index contributed by atoms with van der Waals surface area (Å²) < 4.78 is 0. The molecule has 0 saturated heterocycles. The molecule has 2 unspecified atom stereocenters. The maximum Gasteiger partial charge on any atom is -0.00115 e. The fraction of sp³-hybridized carbons (Fsp3) is 0.765. The van der Waals surface area contributed by atoms with E-state index < -0.39 is 0 Å². The molecule has 1 N–H and O–H groups in total. The third kappa shape index (κ3) is 4.61. The summed E-state index contributed by atoms with van der Waals surface area (Å²) >= 11 is 0. The van der Waals surface area contributed by atoms with E-state index in [0.717, 1.165) is 11.8 Å². The quantitative estimate of drug-likeness (QED) is 0.559. The Hall–Kier alpha value is -0.560. The van der Waals surface area contributed by atoms with Crippen LogP contribution in [0.1, 0.15) is 58.8 Å². The molecule has 2 aliphatic carbocycles. The predicted octanol–water partition coefficient (Wildman–Crippen LogP) is 4.46. The van der Waals surface area contributed by atoms with Gasteiger partial charge in [0.15, 0.2) is 0 Å². The van der Waals surface area contributed by atoms with Crippen LogP contribution in [0.2, 0.25) is 0 Å². The zero-order valence-electron chi connectivity index (χ0n) is 12.2. The molecule has 2 atom stereocenters. The first kappa shape index (κ1) is 13.9. The van der Waals surface area contributed by atoms with Crippen molar-refractivity contribution in [2.24, 2.45) is 11.8 Å². The van der Waals surface area contributed by atoms with E-state index >= 15 is 0 Å². The van der Waals surface area contributed by atoms with E-state index in [2.05, 4.69) is 31.3 Å². The molecular formula is C17H29N. The molecule has 0 amide bonds.